The van der Waals surface area contributed by atoms with Gasteiger partial charge >= 0.3 is 12.2 Å². The van der Waals surface area contributed by atoms with Crippen molar-refractivity contribution in [2.75, 3.05) is 30.4 Å². The number of nitrogens with one attached hydrogen (secondary N) is 1. The van der Waals surface area contributed by atoms with Crippen molar-refractivity contribution in [1.29, 1.82) is 0 Å². The molecule has 1 fully saturated rings. The number of rotatable bonds is 3. The van der Waals surface area contributed by atoms with Crippen molar-refractivity contribution in [3.8, 4) is 0 Å². The molecule has 1 aromatic carbocycles. The predicted molar refractivity (Wildman–Crippen MR) is 100 cm³/mol. The number of halogens is 3. The largest absolute Gasteiger partial charge is 0.416 e. The Morgan fingerprint density at radius 3 is 2.68 bits per heavy atom. The van der Waals surface area contributed by atoms with E-state index in [-0.39, 0.29) is 11.7 Å². The molecule has 1 atom stereocenters. The molecule has 1 aromatic heterocycles. The average molecular weight is 393 g/mol. The monoisotopic (exact) mass is 393 g/mol. The average Bonchev–Trinajstić information content (AvgIpc) is 2.67. The van der Waals surface area contributed by atoms with Gasteiger partial charge in [0, 0.05) is 44.3 Å². The number of carbonyl (C=O) groups is 1. The summed E-state index contributed by atoms with van der Waals surface area (Å²) >= 11 is 0. The van der Waals surface area contributed by atoms with Gasteiger partial charge in [-0.05, 0) is 43.5 Å². The van der Waals surface area contributed by atoms with Crippen molar-refractivity contribution in [2.24, 2.45) is 0 Å². The number of urea groups is 1. The number of amides is 2. The Kier molecular flexibility index (Phi) is 5.71. The molecule has 1 aliphatic rings. The standard InChI is InChI=1S/C19H22F3N5O/c1-13-10-23-17(24-11-13)26(2)16-7-4-8-27(12-16)18(28)25-15-6-3-5-14(9-15)19(20,21)22/h3,5-6,9-11,16H,4,7-8,12H2,1-2H3,(H,25,28). The maximum Gasteiger partial charge on any atom is 0.416 e. The number of nitrogens with zero attached hydrogens (tertiary/aromatic N) is 4. The maximum absolute atomic E-state index is 12.8. The predicted octanol–water partition coefficient (Wildman–Crippen LogP) is 3.94. The van der Waals surface area contributed by atoms with Crippen molar-refractivity contribution in [2.45, 2.75) is 32.0 Å². The number of likely N-dealkylation sites (N-methyl/N-ethyl adjacent to an activating group) is 1. The van der Waals surface area contributed by atoms with Gasteiger partial charge in [0.05, 0.1) is 5.56 Å². The minimum atomic E-state index is -4.45. The van der Waals surface area contributed by atoms with Crippen LogP contribution in [0.5, 0.6) is 0 Å². The number of piperidine rings is 1. The number of aryl methyl sites for hydroxylation is 1. The van der Waals surface area contributed by atoms with E-state index >= 15 is 0 Å². The molecule has 0 spiro atoms. The van der Waals surface area contributed by atoms with Crippen LogP contribution in [0, 0.1) is 6.92 Å². The molecule has 9 heteroatoms. The Labute approximate surface area is 161 Å². The minimum Gasteiger partial charge on any atom is -0.339 e. The molecule has 150 valence electrons. The summed E-state index contributed by atoms with van der Waals surface area (Å²) in [5.41, 5.74) is 0.290. The molecule has 1 unspecified atom stereocenters. The number of anilines is 2. The van der Waals surface area contributed by atoms with E-state index in [2.05, 4.69) is 15.3 Å². The first-order valence-electron chi connectivity index (χ1n) is 8.98. The van der Waals surface area contributed by atoms with Crippen molar-refractivity contribution in [1.82, 2.24) is 14.9 Å². The smallest absolute Gasteiger partial charge is 0.339 e. The highest BCUT2D eigenvalue weighted by Gasteiger charge is 2.31. The Morgan fingerprint density at radius 1 is 1.29 bits per heavy atom. The second-order valence-electron chi connectivity index (χ2n) is 6.92. The Morgan fingerprint density at radius 2 is 2.00 bits per heavy atom. The molecular formula is C19H22F3N5O. The Bertz CT molecular complexity index is 825. The fourth-order valence-corrected chi connectivity index (χ4v) is 3.16. The van der Waals surface area contributed by atoms with Crippen LogP contribution in [0.1, 0.15) is 24.0 Å². The third kappa shape index (κ3) is 4.71. The van der Waals surface area contributed by atoms with Gasteiger partial charge in [-0.2, -0.15) is 13.2 Å². The number of benzene rings is 1. The van der Waals surface area contributed by atoms with Crippen LogP contribution in [0.15, 0.2) is 36.7 Å². The summed E-state index contributed by atoms with van der Waals surface area (Å²) in [6.45, 7) is 2.90. The van der Waals surface area contributed by atoms with E-state index in [9.17, 15) is 18.0 Å². The summed E-state index contributed by atoms with van der Waals surface area (Å²) in [5, 5.41) is 2.57. The van der Waals surface area contributed by atoms with Gasteiger partial charge in [0.25, 0.3) is 0 Å². The van der Waals surface area contributed by atoms with Crippen LogP contribution in [0.4, 0.5) is 29.6 Å². The number of likely N-dealkylation sites (tertiary alicyclic amines) is 1. The summed E-state index contributed by atoms with van der Waals surface area (Å²) in [7, 11) is 1.88. The van der Waals surface area contributed by atoms with E-state index in [1.165, 1.54) is 12.1 Å². The molecule has 0 radical (unpaired) electrons. The molecule has 1 N–H and O–H groups in total. The van der Waals surface area contributed by atoms with Crippen molar-refractivity contribution in [3.63, 3.8) is 0 Å². The lowest BCUT2D eigenvalue weighted by atomic mass is 10.1. The highest BCUT2D eigenvalue weighted by atomic mass is 19.4. The van der Waals surface area contributed by atoms with Gasteiger partial charge < -0.3 is 15.1 Å². The highest BCUT2D eigenvalue weighted by Crippen LogP contribution is 2.30. The molecule has 28 heavy (non-hydrogen) atoms. The lowest BCUT2D eigenvalue weighted by molar-refractivity contribution is -0.137. The van der Waals surface area contributed by atoms with Gasteiger partial charge in [0.1, 0.15) is 0 Å². The van der Waals surface area contributed by atoms with Crippen LogP contribution >= 0.6 is 0 Å². The number of carbonyl (C=O) groups excluding carboxylic acids is 1. The zero-order chi connectivity index (χ0) is 20.3. The van der Waals surface area contributed by atoms with E-state index in [4.69, 9.17) is 0 Å². The fourth-order valence-electron chi connectivity index (χ4n) is 3.16. The molecule has 6 nitrogen and oxygen atoms in total. The third-order valence-electron chi connectivity index (χ3n) is 4.76. The van der Waals surface area contributed by atoms with Crippen molar-refractivity contribution in [3.05, 3.63) is 47.8 Å². The fraction of sp³-hybridized carbons (Fsp3) is 0.421. The van der Waals surface area contributed by atoms with Gasteiger partial charge in [-0.15, -0.1) is 0 Å². The third-order valence-corrected chi connectivity index (χ3v) is 4.76. The quantitative estimate of drug-likeness (QED) is 0.858. The lowest BCUT2D eigenvalue weighted by Gasteiger charge is -2.37. The Balaban J connectivity index is 1.65. The first-order chi connectivity index (χ1) is 13.2. The zero-order valence-corrected chi connectivity index (χ0v) is 15.7. The van der Waals surface area contributed by atoms with Crippen LogP contribution in [-0.2, 0) is 6.18 Å². The molecule has 0 aliphatic carbocycles. The molecule has 3 rings (SSSR count). The van der Waals surface area contributed by atoms with Gasteiger partial charge in [-0.25, -0.2) is 14.8 Å². The van der Waals surface area contributed by atoms with E-state index in [1.807, 2.05) is 18.9 Å². The van der Waals surface area contributed by atoms with Gasteiger partial charge in [0.2, 0.25) is 5.95 Å². The van der Waals surface area contributed by atoms with E-state index in [1.54, 1.807) is 17.3 Å². The number of hydrogen-bond acceptors (Lipinski definition) is 4. The van der Waals surface area contributed by atoms with E-state index in [0.29, 0.717) is 19.0 Å². The second-order valence-corrected chi connectivity index (χ2v) is 6.92. The van der Waals surface area contributed by atoms with Gasteiger partial charge in [-0.1, -0.05) is 6.07 Å². The molecule has 1 saturated heterocycles. The van der Waals surface area contributed by atoms with E-state index in [0.717, 1.165) is 30.5 Å². The van der Waals surface area contributed by atoms with Crippen LogP contribution in [0.25, 0.3) is 0 Å². The Hall–Kier alpha value is -2.84. The molecule has 2 heterocycles. The number of alkyl halides is 3. The molecule has 0 bridgehead atoms. The topological polar surface area (TPSA) is 61.4 Å². The van der Waals surface area contributed by atoms with Crippen LogP contribution in [0.3, 0.4) is 0 Å². The first kappa shape index (κ1) is 19.9. The van der Waals surface area contributed by atoms with Crippen LogP contribution in [0.2, 0.25) is 0 Å². The molecule has 2 amide bonds. The minimum absolute atomic E-state index is 0.0312. The second kappa shape index (κ2) is 8.04. The number of hydrogen-bond donors (Lipinski definition) is 1. The summed E-state index contributed by atoms with van der Waals surface area (Å²) in [6, 6.07) is 4.25. The molecular weight excluding hydrogens is 371 g/mol. The van der Waals surface area contributed by atoms with Crippen LogP contribution in [-0.4, -0.2) is 47.1 Å². The molecule has 2 aromatic rings. The summed E-state index contributed by atoms with van der Waals surface area (Å²) in [6.07, 6.45) is 0.686. The SMILES string of the molecule is Cc1cnc(N(C)C2CCCN(C(=O)Nc3cccc(C(F)(F)F)c3)C2)nc1. The van der Waals surface area contributed by atoms with Crippen LogP contribution < -0.4 is 10.2 Å². The summed E-state index contributed by atoms with van der Waals surface area (Å²) in [5.74, 6) is 0.579. The zero-order valence-electron chi connectivity index (χ0n) is 15.7. The lowest BCUT2D eigenvalue weighted by Crippen LogP contribution is -2.50. The normalized spacial score (nSPS) is 17.3. The van der Waals surface area contributed by atoms with Gasteiger partial charge in [-0.3, -0.25) is 0 Å². The van der Waals surface area contributed by atoms with E-state index < -0.39 is 17.8 Å². The first-order valence-corrected chi connectivity index (χ1v) is 8.98. The summed E-state index contributed by atoms with van der Waals surface area (Å²) in [4.78, 5) is 24.7. The van der Waals surface area contributed by atoms with Crippen molar-refractivity contribution >= 4 is 17.7 Å². The van der Waals surface area contributed by atoms with Crippen molar-refractivity contribution < 1.29 is 18.0 Å². The highest BCUT2D eigenvalue weighted by molar-refractivity contribution is 5.89. The molecule has 0 saturated carbocycles. The maximum atomic E-state index is 12.8. The molecule has 1 aliphatic heterocycles. The van der Waals surface area contributed by atoms with Gasteiger partial charge in [0.15, 0.2) is 0 Å². The summed E-state index contributed by atoms with van der Waals surface area (Å²) < 4.78 is 38.5. The number of aromatic nitrogens is 2.